The summed E-state index contributed by atoms with van der Waals surface area (Å²) in [5.74, 6) is 1.25. The molecule has 3 aromatic rings. The fraction of sp³-hybridized carbons (Fsp3) is 0.0769. The molecule has 0 atom stereocenters. The molecule has 20 heavy (non-hydrogen) atoms. The fourth-order valence-corrected chi connectivity index (χ4v) is 1.64. The predicted molar refractivity (Wildman–Crippen MR) is 70.1 cm³/mol. The number of hydrogen-bond acceptors (Lipinski definition) is 6. The van der Waals surface area contributed by atoms with Crippen molar-refractivity contribution in [2.24, 2.45) is 0 Å². The Balaban J connectivity index is 1.92. The van der Waals surface area contributed by atoms with Crippen molar-refractivity contribution >= 4 is 0 Å². The van der Waals surface area contributed by atoms with Crippen LogP contribution in [0, 0.1) is 0 Å². The van der Waals surface area contributed by atoms with Crippen LogP contribution >= 0.6 is 0 Å². The summed E-state index contributed by atoms with van der Waals surface area (Å²) in [6.45, 7) is 0. The largest absolute Gasteiger partial charge is 0.481 e. The smallest absolute Gasteiger partial charge is 0.259 e. The van der Waals surface area contributed by atoms with E-state index in [-0.39, 0.29) is 5.56 Å². The number of pyridine rings is 2. The van der Waals surface area contributed by atoms with Gasteiger partial charge in [-0.2, -0.15) is 4.98 Å². The van der Waals surface area contributed by atoms with Crippen LogP contribution in [0.15, 0.2) is 46.0 Å². The molecule has 0 aliphatic rings. The number of rotatable bonds is 3. The van der Waals surface area contributed by atoms with Crippen molar-refractivity contribution < 1.29 is 9.26 Å². The number of ether oxygens (including phenoxy) is 1. The van der Waals surface area contributed by atoms with Crippen LogP contribution < -0.4 is 10.3 Å². The van der Waals surface area contributed by atoms with Crippen molar-refractivity contribution in [3.05, 3.63) is 47.0 Å². The number of hydrogen-bond donors (Lipinski definition) is 1. The van der Waals surface area contributed by atoms with Crippen molar-refractivity contribution in [3.63, 3.8) is 0 Å². The second-order valence-corrected chi connectivity index (χ2v) is 3.95. The van der Waals surface area contributed by atoms with E-state index < -0.39 is 0 Å². The Labute approximate surface area is 113 Å². The van der Waals surface area contributed by atoms with E-state index in [4.69, 9.17) is 9.26 Å². The molecule has 0 radical (unpaired) electrons. The standard InChI is InChI=1S/C13H10N4O3/c1-19-11-5-3-9(7-15-11)13-16-12(17-20-13)8-2-4-10(18)14-6-8/h2-7H,1H3,(H,14,18). The topological polar surface area (TPSA) is 93.9 Å². The van der Waals surface area contributed by atoms with Crippen LogP contribution in [-0.4, -0.2) is 27.2 Å². The molecule has 7 heteroatoms. The highest BCUT2D eigenvalue weighted by molar-refractivity contribution is 5.58. The summed E-state index contributed by atoms with van der Waals surface area (Å²) in [7, 11) is 1.54. The Bertz CT molecular complexity index is 756. The van der Waals surface area contributed by atoms with Gasteiger partial charge in [0.1, 0.15) is 0 Å². The monoisotopic (exact) mass is 270 g/mol. The lowest BCUT2D eigenvalue weighted by Gasteiger charge is -1.97. The maximum Gasteiger partial charge on any atom is 0.259 e. The van der Waals surface area contributed by atoms with Gasteiger partial charge in [-0.25, -0.2) is 4.98 Å². The van der Waals surface area contributed by atoms with Crippen molar-refractivity contribution in [2.75, 3.05) is 7.11 Å². The molecule has 3 heterocycles. The third kappa shape index (κ3) is 2.28. The molecule has 0 aromatic carbocycles. The van der Waals surface area contributed by atoms with Gasteiger partial charge in [0.2, 0.25) is 17.3 Å². The lowest BCUT2D eigenvalue weighted by molar-refractivity contribution is 0.397. The molecule has 3 rings (SSSR count). The highest BCUT2D eigenvalue weighted by atomic mass is 16.5. The first-order valence-corrected chi connectivity index (χ1v) is 5.79. The molecular weight excluding hydrogens is 260 g/mol. The first-order chi connectivity index (χ1) is 9.76. The molecule has 0 saturated heterocycles. The van der Waals surface area contributed by atoms with Crippen LogP contribution in [0.2, 0.25) is 0 Å². The fourth-order valence-electron chi connectivity index (χ4n) is 1.64. The molecule has 0 fully saturated rings. The lowest BCUT2D eigenvalue weighted by atomic mass is 10.2. The van der Waals surface area contributed by atoms with Crippen molar-refractivity contribution in [1.82, 2.24) is 20.1 Å². The molecule has 3 aromatic heterocycles. The van der Waals surface area contributed by atoms with Crippen LogP contribution in [0.4, 0.5) is 0 Å². The predicted octanol–water partition coefficient (Wildman–Crippen LogP) is 1.50. The average Bonchev–Trinajstić information content (AvgIpc) is 2.98. The number of aromatic amines is 1. The van der Waals surface area contributed by atoms with E-state index in [2.05, 4.69) is 20.1 Å². The van der Waals surface area contributed by atoms with Gasteiger partial charge in [0.15, 0.2) is 0 Å². The Morgan fingerprint density at radius 1 is 1.20 bits per heavy atom. The van der Waals surface area contributed by atoms with E-state index in [1.165, 1.54) is 12.3 Å². The maximum absolute atomic E-state index is 11.0. The Morgan fingerprint density at radius 3 is 2.70 bits per heavy atom. The summed E-state index contributed by atoms with van der Waals surface area (Å²) in [6.07, 6.45) is 3.12. The summed E-state index contributed by atoms with van der Waals surface area (Å²) in [6, 6.07) is 6.51. The molecule has 1 N–H and O–H groups in total. The molecule has 7 nitrogen and oxygen atoms in total. The van der Waals surface area contributed by atoms with Crippen molar-refractivity contribution in [2.45, 2.75) is 0 Å². The van der Waals surface area contributed by atoms with Crippen LogP contribution in [0.1, 0.15) is 0 Å². The van der Waals surface area contributed by atoms with Gasteiger partial charge in [-0.3, -0.25) is 4.79 Å². The van der Waals surface area contributed by atoms with Gasteiger partial charge in [-0.15, -0.1) is 0 Å². The third-order valence-corrected chi connectivity index (χ3v) is 2.66. The van der Waals surface area contributed by atoms with Crippen LogP contribution in [0.25, 0.3) is 22.8 Å². The number of H-pyrrole nitrogens is 1. The Kier molecular flexibility index (Phi) is 3.00. The molecule has 100 valence electrons. The van der Waals surface area contributed by atoms with Gasteiger partial charge in [-0.05, 0) is 12.1 Å². The van der Waals surface area contributed by atoms with Crippen molar-refractivity contribution in [1.29, 1.82) is 0 Å². The van der Waals surface area contributed by atoms with Crippen LogP contribution in [0.5, 0.6) is 5.88 Å². The van der Waals surface area contributed by atoms with E-state index in [0.29, 0.717) is 28.7 Å². The maximum atomic E-state index is 11.0. The third-order valence-electron chi connectivity index (χ3n) is 2.66. The molecule has 0 amide bonds. The number of nitrogens with zero attached hydrogens (tertiary/aromatic N) is 3. The van der Waals surface area contributed by atoms with Gasteiger partial charge in [0.05, 0.1) is 12.7 Å². The zero-order chi connectivity index (χ0) is 13.9. The molecule has 0 bridgehead atoms. The van der Waals surface area contributed by atoms with Crippen LogP contribution in [0.3, 0.4) is 0 Å². The summed E-state index contributed by atoms with van der Waals surface area (Å²) in [5, 5.41) is 3.87. The first kappa shape index (κ1) is 12.1. The second kappa shape index (κ2) is 4.96. The number of nitrogens with one attached hydrogen (secondary N) is 1. The number of aromatic nitrogens is 4. The zero-order valence-corrected chi connectivity index (χ0v) is 10.5. The molecule has 0 spiro atoms. The SMILES string of the molecule is COc1ccc(-c2nc(-c3ccc(=O)[nH]c3)no2)cn1. The normalized spacial score (nSPS) is 10.4. The van der Waals surface area contributed by atoms with E-state index in [1.807, 2.05) is 0 Å². The van der Waals surface area contributed by atoms with E-state index in [1.54, 1.807) is 31.5 Å². The second-order valence-electron chi connectivity index (χ2n) is 3.95. The highest BCUT2D eigenvalue weighted by Crippen LogP contribution is 2.21. The Morgan fingerprint density at radius 2 is 2.05 bits per heavy atom. The zero-order valence-electron chi connectivity index (χ0n) is 10.5. The lowest BCUT2D eigenvalue weighted by Crippen LogP contribution is -2.01. The summed E-state index contributed by atoms with van der Waals surface area (Å²) < 4.78 is 10.2. The molecule has 0 unspecified atom stereocenters. The van der Waals surface area contributed by atoms with Gasteiger partial charge < -0.3 is 14.2 Å². The van der Waals surface area contributed by atoms with E-state index >= 15 is 0 Å². The summed E-state index contributed by atoms with van der Waals surface area (Å²) in [4.78, 5) is 21.9. The number of methoxy groups -OCH3 is 1. The molecule has 0 aliphatic carbocycles. The summed E-state index contributed by atoms with van der Waals surface area (Å²) >= 11 is 0. The van der Waals surface area contributed by atoms with Gasteiger partial charge >= 0.3 is 0 Å². The minimum atomic E-state index is -0.183. The van der Waals surface area contributed by atoms with Crippen molar-refractivity contribution in [3.8, 4) is 28.7 Å². The van der Waals surface area contributed by atoms with Gasteiger partial charge in [0.25, 0.3) is 5.89 Å². The minimum Gasteiger partial charge on any atom is -0.481 e. The van der Waals surface area contributed by atoms with E-state index in [0.717, 1.165) is 0 Å². The molecular formula is C13H10N4O3. The molecule has 0 aliphatic heterocycles. The first-order valence-electron chi connectivity index (χ1n) is 5.79. The van der Waals surface area contributed by atoms with Gasteiger partial charge in [-0.1, -0.05) is 5.16 Å². The van der Waals surface area contributed by atoms with Crippen LogP contribution in [-0.2, 0) is 0 Å². The summed E-state index contributed by atoms with van der Waals surface area (Å²) in [5.41, 5.74) is 1.17. The average molecular weight is 270 g/mol. The van der Waals surface area contributed by atoms with E-state index in [9.17, 15) is 4.79 Å². The highest BCUT2D eigenvalue weighted by Gasteiger charge is 2.11. The quantitative estimate of drug-likeness (QED) is 0.775. The van der Waals surface area contributed by atoms with Gasteiger partial charge in [0, 0.05) is 30.1 Å². The Hall–Kier alpha value is -2.96. The minimum absolute atomic E-state index is 0.183. The molecule has 0 saturated carbocycles.